The number of aryl methyl sites for hydroxylation is 2. The number of carbonyl (C=O) groups excluding carboxylic acids is 1. The summed E-state index contributed by atoms with van der Waals surface area (Å²) in [4.78, 5) is 21.9. The van der Waals surface area contributed by atoms with E-state index in [1.165, 1.54) is 12.1 Å². The van der Waals surface area contributed by atoms with E-state index in [0.29, 0.717) is 0 Å². The predicted molar refractivity (Wildman–Crippen MR) is 93.2 cm³/mol. The lowest BCUT2D eigenvalue weighted by molar-refractivity contribution is -0.134. The van der Waals surface area contributed by atoms with Crippen LogP contribution in [0, 0.1) is 11.7 Å². The molecule has 1 aliphatic carbocycles. The first-order chi connectivity index (χ1) is 11.6. The molecule has 1 aromatic carbocycles. The molecule has 1 aliphatic rings. The number of nitrogens with one attached hydrogen (secondary N) is 1. The molecule has 5 heteroatoms. The van der Waals surface area contributed by atoms with E-state index in [-0.39, 0.29) is 19.1 Å². The standard InChI is InChI=1S/C19H24FN3O.H2/c1-23(11-3-2-4-14-5-8-16(20)9-6-14)19(24)15-7-10-17-18(12-15)22-13-21-17;/h5-6,8-9,13,15H,2-4,7,10-12H2,1H3,(H,21,22);1H. The zero-order valence-corrected chi connectivity index (χ0v) is 14.1. The van der Waals surface area contributed by atoms with E-state index >= 15 is 0 Å². The molecule has 0 saturated heterocycles. The first kappa shape index (κ1) is 16.7. The highest BCUT2D eigenvalue weighted by molar-refractivity contribution is 5.79. The third-order valence-electron chi connectivity index (χ3n) is 4.84. The van der Waals surface area contributed by atoms with Crippen LogP contribution < -0.4 is 0 Å². The predicted octanol–water partition coefficient (Wildman–Crippen LogP) is 3.38. The number of imidazole rings is 1. The lowest BCUT2D eigenvalue weighted by Crippen LogP contribution is -2.36. The first-order valence-corrected chi connectivity index (χ1v) is 8.64. The molecule has 4 nitrogen and oxygen atoms in total. The van der Waals surface area contributed by atoms with Gasteiger partial charge in [-0.3, -0.25) is 4.79 Å². The number of hydrogen-bond donors (Lipinski definition) is 1. The summed E-state index contributed by atoms with van der Waals surface area (Å²) in [5.41, 5.74) is 3.37. The van der Waals surface area contributed by atoms with Crippen LogP contribution in [-0.4, -0.2) is 34.4 Å². The van der Waals surface area contributed by atoms with Gasteiger partial charge in [-0.15, -0.1) is 0 Å². The third-order valence-corrected chi connectivity index (χ3v) is 4.84. The van der Waals surface area contributed by atoms with Gasteiger partial charge >= 0.3 is 0 Å². The molecular formula is C19H26FN3O. The smallest absolute Gasteiger partial charge is 0.225 e. The van der Waals surface area contributed by atoms with Gasteiger partial charge in [-0.1, -0.05) is 12.1 Å². The molecule has 0 radical (unpaired) electrons. The van der Waals surface area contributed by atoms with Crippen molar-refractivity contribution in [2.45, 2.75) is 38.5 Å². The van der Waals surface area contributed by atoms with Crippen LogP contribution in [0.15, 0.2) is 30.6 Å². The van der Waals surface area contributed by atoms with Gasteiger partial charge in [0, 0.05) is 33.1 Å². The SMILES string of the molecule is CN(CCCCc1ccc(F)cc1)C(=O)C1CCc2nc[nH]c2C1.[HH]. The minimum atomic E-state index is -0.197. The highest BCUT2D eigenvalue weighted by Crippen LogP contribution is 2.24. The average Bonchev–Trinajstić information content (AvgIpc) is 3.07. The van der Waals surface area contributed by atoms with Gasteiger partial charge in [-0.05, 0) is 49.8 Å². The number of rotatable bonds is 6. The summed E-state index contributed by atoms with van der Waals surface area (Å²) in [5.74, 6) is 0.106. The molecule has 0 spiro atoms. The maximum Gasteiger partial charge on any atom is 0.225 e. The van der Waals surface area contributed by atoms with Crippen LogP contribution in [0.5, 0.6) is 0 Å². The maximum atomic E-state index is 12.9. The number of carbonyl (C=O) groups is 1. The maximum absolute atomic E-state index is 12.9. The van der Waals surface area contributed by atoms with Crippen LogP contribution in [0.3, 0.4) is 0 Å². The molecule has 3 rings (SSSR count). The van der Waals surface area contributed by atoms with Crippen molar-refractivity contribution in [1.82, 2.24) is 14.9 Å². The lowest BCUT2D eigenvalue weighted by Gasteiger charge is -2.26. The number of hydrogen-bond acceptors (Lipinski definition) is 2. The fraction of sp³-hybridized carbons (Fsp3) is 0.474. The fourth-order valence-corrected chi connectivity index (χ4v) is 3.36. The summed E-state index contributed by atoms with van der Waals surface area (Å²) < 4.78 is 12.9. The molecule has 0 bridgehead atoms. The van der Waals surface area contributed by atoms with E-state index < -0.39 is 0 Å². The van der Waals surface area contributed by atoms with Gasteiger partial charge in [0.15, 0.2) is 0 Å². The number of unbranched alkanes of at least 4 members (excludes halogenated alkanes) is 1. The van der Waals surface area contributed by atoms with Crippen molar-refractivity contribution in [2.75, 3.05) is 13.6 Å². The monoisotopic (exact) mass is 331 g/mol. The Morgan fingerprint density at radius 2 is 2.17 bits per heavy atom. The molecule has 1 aromatic heterocycles. The van der Waals surface area contributed by atoms with E-state index in [1.807, 2.05) is 24.1 Å². The third kappa shape index (κ3) is 4.02. The zero-order valence-electron chi connectivity index (χ0n) is 14.1. The molecule has 0 saturated carbocycles. The summed E-state index contributed by atoms with van der Waals surface area (Å²) in [6.07, 6.45) is 7.14. The van der Waals surface area contributed by atoms with Gasteiger partial charge < -0.3 is 9.88 Å². The molecule has 130 valence electrons. The van der Waals surface area contributed by atoms with Crippen LogP contribution >= 0.6 is 0 Å². The van der Waals surface area contributed by atoms with Gasteiger partial charge in [0.25, 0.3) is 0 Å². The zero-order chi connectivity index (χ0) is 16.9. The van der Waals surface area contributed by atoms with Gasteiger partial charge in [0.1, 0.15) is 5.82 Å². The molecule has 0 fully saturated rings. The molecule has 1 heterocycles. The highest BCUT2D eigenvalue weighted by atomic mass is 19.1. The Kier molecular flexibility index (Phi) is 5.28. The van der Waals surface area contributed by atoms with Crippen molar-refractivity contribution < 1.29 is 10.6 Å². The number of H-pyrrole nitrogens is 1. The Hall–Kier alpha value is -2.17. The van der Waals surface area contributed by atoms with Crippen molar-refractivity contribution in [3.8, 4) is 0 Å². The number of amides is 1. The van der Waals surface area contributed by atoms with Crippen molar-refractivity contribution in [1.29, 1.82) is 0 Å². The summed E-state index contributed by atoms with van der Waals surface area (Å²) in [6, 6.07) is 6.65. The Morgan fingerprint density at radius 1 is 1.38 bits per heavy atom. The van der Waals surface area contributed by atoms with E-state index in [9.17, 15) is 9.18 Å². The average molecular weight is 331 g/mol. The molecular weight excluding hydrogens is 305 g/mol. The molecule has 0 aliphatic heterocycles. The normalized spacial score (nSPS) is 16.7. The quantitative estimate of drug-likeness (QED) is 0.825. The van der Waals surface area contributed by atoms with Gasteiger partial charge in [-0.25, -0.2) is 9.37 Å². The minimum absolute atomic E-state index is 0. The number of nitrogens with zero attached hydrogens (tertiary/aromatic N) is 2. The molecule has 1 unspecified atom stereocenters. The number of aromatic nitrogens is 2. The number of benzene rings is 1. The summed E-state index contributed by atoms with van der Waals surface area (Å²) in [6.45, 7) is 0.770. The van der Waals surface area contributed by atoms with Crippen LogP contribution in [0.1, 0.15) is 37.6 Å². The van der Waals surface area contributed by atoms with Crippen LogP contribution in [0.25, 0.3) is 0 Å². The second kappa shape index (κ2) is 7.60. The van der Waals surface area contributed by atoms with Crippen molar-refractivity contribution in [3.05, 3.63) is 53.4 Å². The Labute approximate surface area is 143 Å². The Balaban J connectivity index is 0.00000225. The van der Waals surface area contributed by atoms with E-state index in [0.717, 1.165) is 62.0 Å². The van der Waals surface area contributed by atoms with Crippen molar-refractivity contribution in [3.63, 3.8) is 0 Å². The van der Waals surface area contributed by atoms with Crippen LogP contribution in [0.2, 0.25) is 0 Å². The van der Waals surface area contributed by atoms with E-state index in [2.05, 4.69) is 9.97 Å². The summed E-state index contributed by atoms with van der Waals surface area (Å²) in [7, 11) is 1.89. The largest absolute Gasteiger partial charge is 0.348 e. The molecule has 24 heavy (non-hydrogen) atoms. The second-order valence-corrected chi connectivity index (χ2v) is 6.61. The van der Waals surface area contributed by atoms with Gasteiger partial charge in [0.05, 0.1) is 12.0 Å². The molecule has 1 atom stereocenters. The molecule has 1 amide bonds. The number of fused-ring (bicyclic) bond motifs is 1. The van der Waals surface area contributed by atoms with Crippen molar-refractivity contribution in [2.24, 2.45) is 5.92 Å². The summed E-state index contributed by atoms with van der Waals surface area (Å²) >= 11 is 0. The highest BCUT2D eigenvalue weighted by Gasteiger charge is 2.27. The Morgan fingerprint density at radius 3 is 2.96 bits per heavy atom. The topological polar surface area (TPSA) is 49.0 Å². The first-order valence-electron chi connectivity index (χ1n) is 8.64. The minimum Gasteiger partial charge on any atom is -0.348 e. The lowest BCUT2D eigenvalue weighted by atomic mass is 9.89. The molecule has 1 N–H and O–H groups in total. The van der Waals surface area contributed by atoms with Crippen molar-refractivity contribution >= 4 is 5.91 Å². The number of halogens is 1. The van der Waals surface area contributed by atoms with E-state index in [4.69, 9.17) is 0 Å². The van der Waals surface area contributed by atoms with Crippen LogP contribution in [0.4, 0.5) is 4.39 Å². The summed E-state index contributed by atoms with van der Waals surface area (Å²) in [5, 5.41) is 0. The second-order valence-electron chi connectivity index (χ2n) is 6.61. The van der Waals surface area contributed by atoms with Gasteiger partial charge in [-0.2, -0.15) is 0 Å². The molecule has 2 aromatic rings. The Bertz CT molecular complexity index is 686. The van der Waals surface area contributed by atoms with Gasteiger partial charge in [0.2, 0.25) is 5.91 Å². The fourth-order valence-electron chi connectivity index (χ4n) is 3.36. The number of aromatic amines is 1. The van der Waals surface area contributed by atoms with Crippen LogP contribution in [-0.2, 0) is 24.1 Å². The van der Waals surface area contributed by atoms with E-state index in [1.54, 1.807) is 6.33 Å².